The van der Waals surface area contributed by atoms with Crippen LogP contribution < -0.4 is 0 Å². The third-order valence-corrected chi connectivity index (χ3v) is 4.69. The Hall–Kier alpha value is -1.83. The van der Waals surface area contributed by atoms with E-state index in [0.29, 0.717) is 15.9 Å². The Kier molecular flexibility index (Phi) is 4.19. The van der Waals surface area contributed by atoms with E-state index in [1.165, 1.54) is 0 Å². The van der Waals surface area contributed by atoms with Crippen molar-refractivity contribution in [2.75, 3.05) is 0 Å². The number of H-pyrrole nitrogens is 1. The van der Waals surface area contributed by atoms with E-state index in [1.54, 1.807) is 12.3 Å². The SMILES string of the molecule is [C-]#[N+]C1C(CCC)=Nc2[nH]ncc2C1c1cccc(Cl)c1Cl. The first kappa shape index (κ1) is 15.1. The van der Waals surface area contributed by atoms with Crippen molar-refractivity contribution in [3.63, 3.8) is 0 Å². The second-order valence-corrected chi connectivity index (χ2v) is 6.01. The maximum atomic E-state index is 7.64. The molecule has 0 spiro atoms. The number of nitrogens with one attached hydrogen (secondary N) is 1. The average molecular weight is 333 g/mol. The van der Waals surface area contributed by atoms with Crippen molar-refractivity contribution >= 4 is 34.7 Å². The highest BCUT2D eigenvalue weighted by atomic mass is 35.5. The van der Waals surface area contributed by atoms with Gasteiger partial charge in [0.05, 0.1) is 22.2 Å². The normalized spacial score (nSPS) is 20.2. The van der Waals surface area contributed by atoms with Crippen LogP contribution in [-0.4, -0.2) is 22.0 Å². The van der Waals surface area contributed by atoms with E-state index in [4.69, 9.17) is 29.8 Å². The molecule has 4 nitrogen and oxygen atoms in total. The number of nitrogens with zero attached hydrogens (tertiary/aromatic N) is 3. The average Bonchev–Trinajstić information content (AvgIpc) is 2.97. The van der Waals surface area contributed by atoms with Crippen molar-refractivity contribution in [2.45, 2.75) is 31.7 Å². The quantitative estimate of drug-likeness (QED) is 0.788. The number of halogens is 2. The van der Waals surface area contributed by atoms with Crippen molar-refractivity contribution in [3.05, 3.63) is 57.0 Å². The monoisotopic (exact) mass is 332 g/mol. The Morgan fingerprint density at radius 3 is 2.86 bits per heavy atom. The molecule has 0 fully saturated rings. The predicted octanol–water partition coefficient (Wildman–Crippen LogP) is 5.02. The van der Waals surface area contributed by atoms with Crippen LogP contribution in [0.5, 0.6) is 0 Å². The summed E-state index contributed by atoms with van der Waals surface area (Å²) in [6.45, 7) is 9.72. The van der Waals surface area contributed by atoms with E-state index in [0.717, 1.165) is 29.7 Å². The summed E-state index contributed by atoms with van der Waals surface area (Å²) in [5.41, 5.74) is 2.61. The molecule has 1 aliphatic rings. The molecule has 0 bridgehead atoms. The van der Waals surface area contributed by atoms with Gasteiger partial charge >= 0.3 is 0 Å². The van der Waals surface area contributed by atoms with Crippen LogP contribution in [-0.2, 0) is 0 Å². The molecule has 2 atom stereocenters. The first-order chi connectivity index (χ1) is 10.7. The van der Waals surface area contributed by atoms with Gasteiger partial charge in [-0.25, -0.2) is 11.6 Å². The van der Waals surface area contributed by atoms with Gasteiger partial charge in [0.15, 0.2) is 5.82 Å². The van der Waals surface area contributed by atoms with Crippen molar-refractivity contribution in [1.82, 2.24) is 10.2 Å². The molecule has 22 heavy (non-hydrogen) atoms. The van der Waals surface area contributed by atoms with Gasteiger partial charge in [-0.05, 0) is 18.1 Å². The van der Waals surface area contributed by atoms with Crippen molar-refractivity contribution in [3.8, 4) is 0 Å². The van der Waals surface area contributed by atoms with Gasteiger partial charge in [0.25, 0.3) is 6.04 Å². The lowest BCUT2D eigenvalue weighted by Gasteiger charge is -2.24. The third-order valence-electron chi connectivity index (χ3n) is 3.86. The number of aromatic amines is 1. The minimum absolute atomic E-state index is 0.198. The Morgan fingerprint density at radius 2 is 2.14 bits per heavy atom. The molecule has 0 aliphatic carbocycles. The number of benzene rings is 1. The standard InChI is InChI=1S/C16H14Cl2N4/c1-3-5-12-15(19-2)13(10-8-20-22-16(10)21-12)9-6-4-7-11(17)14(9)18/h4,6-8,13,15H,3,5H2,1H3,(H,20,22). The highest BCUT2D eigenvalue weighted by molar-refractivity contribution is 6.42. The molecular weight excluding hydrogens is 319 g/mol. The van der Waals surface area contributed by atoms with Crippen molar-refractivity contribution in [2.24, 2.45) is 4.99 Å². The van der Waals surface area contributed by atoms with Crippen LogP contribution in [0.3, 0.4) is 0 Å². The summed E-state index contributed by atoms with van der Waals surface area (Å²) in [7, 11) is 0. The molecule has 1 aromatic carbocycles. The second-order valence-electron chi connectivity index (χ2n) is 5.22. The Bertz CT molecular complexity index is 773. The minimum Gasteiger partial charge on any atom is -0.306 e. The molecule has 1 aromatic heterocycles. The van der Waals surface area contributed by atoms with Gasteiger partial charge in [0, 0.05) is 5.56 Å². The highest BCUT2D eigenvalue weighted by Gasteiger charge is 2.40. The topological polar surface area (TPSA) is 45.4 Å². The molecule has 2 unspecified atom stereocenters. The highest BCUT2D eigenvalue weighted by Crippen LogP contribution is 2.43. The van der Waals surface area contributed by atoms with Crippen LogP contribution >= 0.6 is 23.2 Å². The summed E-state index contributed by atoms with van der Waals surface area (Å²) in [5.74, 6) is 0.515. The molecule has 0 saturated heterocycles. The van der Waals surface area contributed by atoms with E-state index in [-0.39, 0.29) is 12.0 Å². The van der Waals surface area contributed by atoms with Crippen molar-refractivity contribution < 1.29 is 0 Å². The lowest BCUT2D eigenvalue weighted by molar-refractivity contribution is 0.770. The lowest BCUT2D eigenvalue weighted by Crippen LogP contribution is -2.29. The molecule has 0 amide bonds. The number of fused-ring (bicyclic) bond motifs is 1. The van der Waals surface area contributed by atoms with E-state index < -0.39 is 0 Å². The second kappa shape index (κ2) is 6.12. The number of aromatic nitrogens is 2. The molecule has 0 saturated carbocycles. The summed E-state index contributed by atoms with van der Waals surface area (Å²) in [5, 5.41) is 7.98. The molecule has 1 N–H and O–H groups in total. The fraction of sp³-hybridized carbons (Fsp3) is 0.312. The summed E-state index contributed by atoms with van der Waals surface area (Å²) >= 11 is 12.6. The minimum atomic E-state index is -0.374. The van der Waals surface area contributed by atoms with E-state index in [1.807, 2.05) is 12.1 Å². The van der Waals surface area contributed by atoms with Crippen LogP contribution in [0, 0.1) is 6.57 Å². The van der Waals surface area contributed by atoms with Crippen LogP contribution in [0.4, 0.5) is 5.82 Å². The number of rotatable bonds is 3. The summed E-state index contributed by atoms with van der Waals surface area (Å²) in [4.78, 5) is 8.41. The van der Waals surface area contributed by atoms with Crippen LogP contribution in [0.25, 0.3) is 4.85 Å². The molecule has 1 aliphatic heterocycles. The summed E-state index contributed by atoms with van der Waals surface area (Å²) in [6, 6.07) is 5.15. The van der Waals surface area contributed by atoms with E-state index >= 15 is 0 Å². The Balaban J connectivity index is 2.19. The maximum absolute atomic E-state index is 7.64. The smallest absolute Gasteiger partial charge is 0.272 e. The first-order valence-corrected chi connectivity index (χ1v) is 7.84. The molecule has 6 heteroatoms. The molecule has 3 rings (SSSR count). The van der Waals surface area contributed by atoms with Gasteiger partial charge < -0.3 is 4.85 Å². The summed E-state index contributed by atoms with van der Waals surface area (Å²) in [6.07, 6.45) is 3.44. The van der Waals surface area contributed by atoms with Gasteiger partial charge in [-0.15, -0.1) is 0 Å². The van der Waals surface area contributed by atoms with Crippen LogP contribution in [0.1, 0.15) is 36.8 Å². The number of aliphatic imine (C=N–C) groups is 1. The zero-order chi connectivity index (χ0) is 15.7. The van der Waals surface area contributed by atoms with E-state index in [2.05, 4.69) is 27.0 Å². The largest absolute Gasteiger partial charge is 0.306 e. The van der Waals surface area contributed by atoms with Crippen LogP contribution in [0.2, 0.25) is 10.0 Å². The Labute approximate surface area is 139 Å². The fourth-order valence-electron chi connectivity index (χ4n) is 2.89. The van der Waals surface area contributed by atoms with Gasteiger partial charge in [0.2, 0.25) is 0 Å². The van der Waals surface area contributed by atoms with Gasteiger partial charge in [-0.2, -0.15) is 5.10 Å². The molecule has 112 valence electrons. The Morgan fingerprint density at radius 1 is 1.32 bits per heavy atom. The van der Waals surface area contributed by atoms with Gasteiger partial charge in [-0.3, -0.25) is 5.10 Å². The van der Waals surface area contributed by atoms with Gasteiger partial charge in [0.1, 0.15) is 5.71 Å². The predicted molar refractivity (Wildman–Crippen MR) is 89.3 cm³/mol. The summed E-state index contributed by atoms with van der Waals surface area (Å²) < 4.78 is 0. The first-order valence-electron chi connectivity index (χ1n) is 7.08. The molecule has 0 radical (unpaired) electrons. The zero-order valence-corrected chi connectivity index (χ0v) is 13.5. The fourth-order valence-corrected chi connectivity index (χ4v) is 3.31. The number of hydrogen-bond acceptors (Lipinski definition) is 2. The third kappa shape index (κ3) is 2.41. The van der Waals surface area contributed by atoms with E-state index in [9.17, 15) is 0 Å². The van der Waals surface area contributed by atoms with Crippen LogP contribution in [0.15, 0.2) is 29.4 Å². The zero-order valence-electron chi connectivity index (χ0n) is 12.0. The maximum Gasteiger partial charge on any atom is 0.272 e. The van der Waals surface area contributed by atoms with Gasteiger partial charge in [-0.1, -0.05) is 48.7 Å². The molecule has 2 heterocycles. The molecular formula is C16H14Cl2N4. The number of hydrogen-bond donors (Lipinski definition) is 1. The molecule has 2 aromatic rings. The lowest BCUT2D eigenvalue weighted by atomic mass is 9.81. The van der Waals surface area contributed by atoms with Crippen molar-refractivity contribution in [1.29, 1.82) is 0 Å².